The van der Waals surface area contributed by atoms with E-state index in [-0.39, 0.29) is 0 Å². The summed E-state index contributed by atoms with van der Waals surface area (Å²) in [6, 6.07) is 0. The largest absolute Gasteiger partial charge is 0.237 e. The molecule has 3 saturated carbocycles. The van der Waals surface area contributed by atoms with Crippen molar-refractivity contribution >= 4 is 0 Å². The van der Waals surface area contributed by atoms with Gasteiger partial charge in [0.1, 0.15) is 0 Å². The molecule has 0 heterocycles. The van der Waals surface area contributed by atoms with Crippen LogP contribution in [0.2, 0.25) is 0 Å². The predicted molar refractivity (Wildman–Crippen MR) is 92.8 cm³/mol. The van der Waals surface area contributed by atoms with Crippen LogP contribution in [-0.4, -0.2) is 13.2 Å². The molecule has 5 atom stereocenters. The third-order valence-corrected chi connectivity index (χ3v) is 8.09. The standard InChI is InChI=1S/C21H34O2/c1-3-22-23-15-21-13-6-8-19(21)17-10-9-16-7-4-5-12-20(16,2)18(17)11-14-21/h9,17-19H,3-8,10-15H2,1-2H3/t17-,18+,19+,20+,21+/m1/s1. The second-order valence-electron chi connectivity index (χ2n) is 8.93. The Hall–Kier alpha value is -0.340. The summed E-state index contributed by atoms with van der Waals surface area (Å²) in [7, 11) is 0. The molecule has 0 aromatic rings. The van der Waals surface area contributed by atoms with E-state index in [2.05, 4.69) is 13.0 Å². The Kier molecular flexibility index (Phi) is 4.34. The summed E-state index contributed by atoms with van der Waals surface area (Å²) in [5.74, 6) is 2.72. The normalized spacial score (nSPS) is 45.8. The van der Waals surface area contributed by atoms with Crippen molar-refractivity contribution in [1.82, 2.24) is 0 Å². The van der Waals surface area contributed by atoms with Crippen LogP contribution in [0.3, 0.4) is 0 Å². The van der Waals surface area contributed by atoms with Crippen LogP contribution in [0.5, 0.6) is 0 Å². The molecule has 130 valence electrons. The first-order valence-corrected chi connectivity index (χ1v) is 10.1. The van der Waals surface area contributed by atoms with Crippen LogP contribution in [0.15, 0.2) is 11.6 Å². The lowest BCUT2D eigenvalue weighted by molar-refractivity contribution is -0.314. The molecule has 3 fully saturated rings. The molecule has 0 radical (unpaired) electrons. The van der Waals surface area contributed by atoms with Crippen LogP contribution in [0.25, 0.3) is 0 Å². The molecule has 4 rings (SSSR count). The summed E-state index contributed by atoms with van der Waals surface area (Å²) in [4.78, 5) is 10.9. The van der Waals surface area contributed by atoms with Gasteiger partial charge in [-0.1, -0.05) is 31.4 Å². The van der Waals surface area contributed by atoms with E-state index in [1.807, 2.05) is 12.5 Å². The fourth-order valence-corrected chi connectivity index (χ4v) is 6.99. The highest BCUT2D eigenvalue weighted by molar-refractivity contribution is 5.24. The Morgan fingerprint density at radius 3 is 2.83 bits per heavy atom. The van der Waals surface area contributed by atoms with Crippen LogP contribution >= 0.6 is 0 Å². The Morgan fingerprint density at radius 2 is 1.96 bits per heavy atom. The third-order valence-electron chi connectivity index (χ3n) is 8.09. The van der Waals surface area contributed by atoms with E-state index >= 15 is 0 Å². The van der Waals surface area contributed by atoms with Crippen molar-refractivity contribution < 1.29 is 9.78 Å². The number of rotatable bonds is 4. The maximum atomic E-state index is 5.62. The summed E-state index contributed by atoms with van der Waals surface area (Å²) < 4.78 is 0. The van der Waals surface area contributed by atoms with Crippen molar-refractivity contribution in [2.75, 3.05) is 13.2 Å². The van der Waals surface area contributed by atoms with E-state index in [1.54, 1.807) is 0 Å². The molecular formula is C21H34O2. The minimum absolute atomic E-state index is 0.423. The van der Waals surface area contributed by atoms with Gasteiger partial charge in [0.15, 0.2) is 0 Å². The lowest BCUT2D eigenvalue weighted by Gasteiger charge is -2.57. The second-order valence-corrected chi connectivity index (χ2v) is 8.93. The zero-order valence-corrected chi connectivity index (χ0v) is 15.1. The zero-order valence-electron chi connectivity index (χ0n) is 15.1. The zero-order chi connectivity index (χ0) is 15.9. The van der Waals surface area contributed by atoms with Gasteiger partial charge in [0.2, 0.25) is 0 Å². The van der Waals surface area contributed by atoms with Crippen molar-refractivity contribution in [2.45, 2.75) is 78.1 Å². The summed E-state index contributed by atoms with van der Waals surface area (Å²) in [6.07, 6.45) is 16.7. The van der Waals surface area contributed by atoms with Crippen LogP contribution in [0.4, 0.5) is 0 Å². The first-order chi connectivity index (χ1) is 11.2. The van der Waals surface area contributed by atoms with Crippen LogP contribution < -0.4 is 0 Å². The van der Waals surface area contributed by atoms with E-state index in [9.17, 15) is 0 Å². The third kappa shape index (κ3) is 2.52. The smallest absolute Gasteiger partial charge is 0.0881 e. The van der Waals surface area contributed by atoms with E-state index in [4.69, 9.17) is 9.78 Å². The van der Waals surface area contributed by atoms with Gasteiger partial charge in [0, 0.05) is 5.41 Å². The van der Waals surface area contributed by atoms with Crippen molar-refractivity contribution in [3.8, 4) is 0 Å². The Labute approximate surface area is 141 Å². The van der Waals surface area contributed by atoms with Gasteiger partial charge < -0.3 is 0 Å². The van der Waals surface area contributed by atoms with Gasteiger partial charge in [-0.3, -0.25) is 0 Å². The molecule has 0 amide bonds. The molecule has 0 aromatic heterocycles. The van der Waals surface area contributed by atoms with E-state index in [1.165, 1.54) is 64.2 Å². The van der Waals surface area contributed by atoms with E-state index in [0.29, 0.717) is 17.4 Å². The van der Waals surface area contributed by atoms with Crippen molar-refractivity contribution in [3.05, 3.63) is 11.6 Å². The number of allylic oxidation sites excluding steroid dienone is 2. The second kappa shape index (κ2) is 6.19. The highest BCUT2D eigenvalue weighted by Gasteiger charge is 2.57. The van der Waals surface area contributed by atoms with Gasteiger partial charge in [-0.2, -0.15) is 0 Å². The fourth-order valence-electron chi connectivity index (χ4n) is 6.99. The molecule has 0 aromatic carbocycles. The molecule has 0 N–H and O–H groups in total. The lowest BCUT2D eigenvalue weighted by atomic mass is 9.48. The van der Waals surface area contributed by atoms with E-state index < -0.39 is 0 Å². The summed E-state index contributed by atoms with van der Waals surface area (Å²) >= 11 is 0. The molecule has 0 unspecified atom stereocenters. The Bertz CT molecular complexity index is 470. The molecule has 2 heteroatoms. The number of hydrogen-bond acceptors (Lipinski definition) is 2. The molecule has 2 nitrogen and oxygen atoms in total. The van der Waals surface area contributed by atoms with Crippen LogP contribution in [0.1, 0.15) is 78.1 Å². The highest BCUT2D eigenvalue weighted by Crippen LogP contribution is 2.64. The molecule has 23 heavy (non-hydrogen) atoms. The maximum absolute atomic E-state index is 5.62. The Balaban J connectivity index is 1.57. The quantitative estimate of drug-likeness (QED) is 0.287. The molecule has 0 saturated heterocycles. The highest BCUT2D eigenvalue weighted by atomic mass is 17.2. The summed E-state index contributed by atoms with van der Waals surface area (Å²) in [5.41, 5.74) is 2.77. The van der Waals surface area contributed by atoms with Gasteiger partial charge in [-0.25, -0.2) is 9.78 Å². The SMILES string of the molecule is CCOOC[C@@]12CCC[C@H]1[C@@H]1CC=C3CCCC[C@]3(C)[C@H]1CC2. The molecular weight excluding hydrogens is 284 g/mol. The van der Waals surface area contributed by atoms with Gasteiger partial charge in [-0.05, 0) is 81.5 Å². The molecule has 4 aliphatic carbocycles. The predicted octanol–water partition coefficient (Wildman–Crippen LogP) is 5.68. The molecule has 0 aliphatic heterocycles. The molecule has 4 aliphatic rings. The topological polar surface area (TPSA) is 18.5 Å². The molecule has 0 spiro atoms. The van der Waals surface area contributed by atoms with Gasteiger partial charge in [0.25, 0.3) is 0 Å². The average molecular weight is 319 g/mol. The average Bonchev–Trinajstić information content (AvgIpc) is 2.99. The summed E-state index contributed by atoms with van der Waals surface area (Å²) in [6.45, 7) is 6.12. The van der Waals surface area contributed by atoms with Crippen LogP contribution in [-0.2, 0) is 9.78 Å². The van der Waals surface area contributed by atoms with Crippen molar-refractivity contribution in [2.24, 2.45) is 28.6 Å². The van der Waals surface area contributed by atoms with Crippen molar-refractivity contribution in [3.63, 3.8) is 0 Å². The first-order valence-electron chi connectivity index (χ1n) is 10.1. The lowest BCUT2D eigenvalue weighted by Crippen LogP contribution is -2.50. The number of hydrogen-bond donors (Lipinski definition) is 0. The van der Waals surface area contributed by atoms with Gasteiger partial charge in [0.05, 0.1) is 13.2 Å². The minimum Gasteiger partial charge on any atom is -0.237 e. The maximum Gasteiger partial charge on any atom is 0.0881 e. The monoisotopic (exact) mass is 318 g/mol. The Morgan fingerprint density at radius 1 is 1.04 bits per heavy atom. The van der Waals surface area contributed by atoms with Gasteiger partial charge in [-0.15, -0.1) is 0 Å². The first kappa shape index (κ1) is 16.1. The molecule has 0 bridgehead atoms. The summed E-state index contributed by atoms with van der Waals surface area (Å²) in [5, 5.41) is 0. The number of fused-ring (bicyclic) bond motifs is 5. The van der Waals surface area contributed by atoms with Gasteiger partial charge >= 0.3 is 0 Å². The minimum atomic E-state index is 0.423. The van der Waals surface area contributed by atoms with Crippen molar-refractivity contribution in [1.29, 1.82) is 0 Å². The fraction of sp³-hybridized carbons (Fsp3) is 0.905. The van der Waals surface area contributed by atoms with E-state index in [0.717, 1.165) is 24.4 Å². The van der Waals surface area contributed by atoms with Crippen LogP contribution in [0, 0.1) is 28.6 Å².